The van der Waals surface area contributed by atoms with Crippen molar-refractivity contribution in [2.24, 2.45) is 7.05 Å². The Morgan fingerprint density at radius 2 is 2.00 bits per heavy atom. The molecule has 114 valence electrons. The van der Waals surface area contributed by atoms with Crippen LogP contribution >= 0.6 is 11.6 Å². The Morgan fingerprint density at radius 3 is 2.30 bits per heavy atom. The number of hydrogen-bond donors (Lipinski definition) is 2. The highest BCUT2D eigenvalue weighted by Crippen LogP contribution is 2.32. The van der Waals surface area contributed by atoms with Gasteiger partial charge < -0.3 is 5.11 Å². The van der Waals surface area contributed by atoms with Crippen LogP contribution in [0.5, 0.6) is 0 Å². The largest absolute Gasteiger partial charge is 0.480 e. The number of hydrogen-bond acceptors (Lipinski definition) is 4. The van der Waals surface area contributed by atoms with Crippen molar-refractivity contribution in [2.45, 2.75) is 23.7 Å². The van der Waals surface area contributed by atoms with Gasteiger partial charge in [-0.3, -0.25) is 4.68 Å². The minimum atomic E-state index is -5.35. The van der Waals surface area contributed by atoms with Gasteiger partial charge in [0.25, 0.3) is 10.0 Å². The van der Waals surface area contributed by atoms with Crippen LogP contribution in [0.3, 0.4) is 0 Å². The van der Waals surface area contributed by atoms with E-state index in [1.165, 1.54) is 0 Å². The van der Waals surface area contributed by atoms with Gasteiger partial charge in [-0.1, -0.05) is 11.6 Å². The molecule has 0 aliphatic heterocycles. The minimum absolute atomic E-state index is 0.192. The van der Waals surface area contributed by atoms with Gasteiger partial charge in [0.05, 0.1) is 11.2 Å². The van der Waals surface area contributed by atoms with Crippen molar-refractivity contribution in [1.82, 2.24) is 14.5 Å². The molecule has 0 saturated heterocycles. The van der Waals surface area contributed by atoms with E-state index in [9.17, 15) is 26.4 Å². The highest BCUT2D eigenvalue weighted by molar-refractivity contribution is 7.89. The number of alkyl halides is 3. The second kappa shape index (κ2) is 4.90. The third-order valence-corrected chi connectivity index (χ3v) is 4.49. The quantitative estimate of drug-likeness (QED) is 0.845. The summed E-state index contributed by atoms with van der Waals surface area (Å²) in [5.74, 6) is -2.40. The second-order valence-corrected chi connectivity index (χ2v) is 5.96. The van der Waals surface area contributed by atoms with Crippen LogP contribution in [0.1, 0.15) is 6.92 Å². The van der Waals surface area contributed by atoms with E-state index < -0.39 is 37.8 Å². The van der Waals surface area contributed by atoms with Crippen molar-refractivity contribution in [3.63, 3.8) is 0 Å². The van der Waals surface area contributed by atoms with Gasteiger partial charge in [0.15, 0.2) is 5.03 Å². The van der Waals surface area contributed by atoms with Crippen molar-refractivity contribution in [3.8, 4) is 0 Å². The fraction of sp³-hybridized carbons (Fsp3) is 0.500. The highest BCUT2D eigenvalue weighted by atomic mass is 35.5. The number of carboxylic acids is 1. The molecule has 1 atom stereocenters. The minimum Gasteiger partial charge on any atom is -0.480 e. The summed E-state index contributed by atoms with van der Waals surface area (Å²) in [5, 5.41) is 10.9. The average molecular weight is 336 g/mol. The Kier molecular flexibility index (Phi) is 4.09. The molecule has 12 heteroatoms. The summed E-state index contributed by atoms with van der Waals surface area (Å²) < 4.78 is 63.9. The molecule has 0 aliphatic rings. The summed E-state index contributed by atoms with van der Waals surface area (Å²) in [5.41, 5.74) is -3.70. The highest BCUT2D eigenvalue weighted by Gasteiger charge is 2.60. The molecular weight excluding hydrogens is 327 g/mol. The fourth-order valence-corrected chi connectivity index (χ4v) is 3.25. The zero-order valence-corrected chi connectivity index (χ0v) is 11.6. The first-order chi connectivity index (χ1) is 8.83. The first kappa shape index (κ1) is 16.7. The van der Waals surface area contributed by atoms with Crippen molar-refractivity contribution in [1.29, 1.82) is 0 Å². The Morgan fingerprint density at radius 1 is 1.50 bits per heavy atom. The van der Waals surface area contributed by atoms with Crippen molar-refractivity contribution >= 4 is 27.6 Å². The fourth-order valence-electron chi connectivity index (χ4n) is 1.24. The smallest absolute Gasteiger partial charge is 0.418 e. The van der Waals surface area contributed by atoms with Gasteiger partial charge in [-0.05, 0) is 6.92 Å². The molecule has 0 aliphatic carbocycles. The van der Waals surface area contributed by atoms with E-state index in [-0.39, 0.29) is 6.92 Å². The van der Waals surface area contributed by atoms with Gasteiger partial charge in [-0.2, -0.15) is 23.0 Å². The third kappa shape index (κ3) is 2.74. The molecule has 0 bridgehead atoms. The first-order valence-corrected chi connectivity index (χ1v) is 6.70. The number of nitrogens with zero attached hydrogens (tertiary/aromatic N) is 2. The molecule has 0 saturated carbocycles. The number of sulfonamides is 1. The molecule has 1 aromatic rings. The first-order valence-electron chi connectivity index (χ1n) is 4.84. The molecule has 0 aromatic carbocycles. The van der Waals surface area contributed by atoms with Crippen LogP contribution in [0.4, 0.5) is 13.2 Å². The molecule has 2 N–H and O–H groups in total. The zero-order chi connectivity index (χ0) is 15.9. The molecular formula is C8H9ClF3N3O4S. The van der Waals surface area contributed by atoms with Gasteiger partial charge in [-0.25, -0.2) is 13.2 Å². The maximum atomic E-state index is 12.8. The number of rotatable bonds is 4. The van der Waals surface area contributed by atoms with Gasteiger partial charge in [-0.15, -0.1) is 0 Å². The standard InChI is InChI=1S/C8H9ClF3N3O4S/c1-7(6(16)17,8(10,11)12)14-20(18,19)5-4(9)3-13-15(5)2/h3,14H,1-2H3,(H,16,17). The van der Waals surface area contributed by atoms with Crippen LogP contribution in [0.2, 0.25) is 5.02 Å². The summed E-state index contributed by atoms with van der Waals surface area (Å²) in [7, 11) is -3.72. The summed E-state index contributed by atoms with van der Waals surface area (Å²) in [6.07, 6.45) is -4.45. The molecule has 0 fully saturated rings. The summed E-state index contributed by atoms with van der Waals surface area (Å²) in [6, 6.07) is 0. The predicted molar refractivity (Wildman–Crippen MR) is 60.6 cm³/mol. The molecule has 1 aromatic heterocycles. The Balaban J connectivity index is 3.36. The van der Waals surface area contributed by atoms with Crippen molar-refractivity contribution in [2.75, 3.05) is 0 Å². The van der Waals surface area contributed by atoms with Crippen LogP contribution in [0.15, 0.2) is 11.2 Å². The molecule has 0 radical (unpaired) electrons. The van der Waals surface area contributed by atoms with E-state index in [2.05, 4.69) is 5.10 Å². The van der Waals surface area contributed by atoms with Gasteiger partial charge in [0.1, 0.15) is 0 Å². The second-order valence-electron chi connectivity index (χ2n) is 3.95. The van der Waals surface area contributed by atoms with E-state index in [4.69, 9.17) is 16.7 Å². The number of aromatic nitrogens is 2. The maximum Gasteiger partial charge on any atom is 0.418 e. The Bertz CT molecular complexity index is 622. The van der Waals surface area contributed by atoms with E-state index >= 15 is 0 Å². The lowest BCUT2D eigenvalue weighted by Crippen LogP contribution is -2.61. The molecule has 1 rings (SSSR count). The van der Waals surface area contributed by atoms with E-state index in [0.29, 0.717) is 4.68 Å². The summed E-state index contributed by atoms with van der Waals surface area (Å²) in [6.45, 7) is 0.192. The number of carboxylic acid groups (broad SMARTS) is 1. The maximum absolute atomic E-state index is 12.8. The zero-order valence-electron chi connectivity index (χ0n) is 10.1. The Hall–Kier alpha value is -1.33. The van der Waals surface area contributed by atoms with E-state index in [0.717, 1.165) is 18.0 Å². The monoisotopic (exact) mass is 335 g/mol. The van der Waals surface area contributed by atoms with Crippen molar-refractivity contribution < 1.29 is 31.5 Å². The lowest BCUT2D eigenvalue weighted by molar-refractivity contribution is -0.201. The van der Waals surface area contributed by atoms with E-state index in [1.54, 1.807) is 0 Å². The van der Waals surface area contributed by atoms with Gasteiger partial charge in [0.2, 0.25) is 5.54 Å². The number of carbonyl (C=O) groups is 1. The number of nitrogens with one attached hydrogen (secondary N) is 1. The number of halogens is 4. The van der Waals surface area contributed by atoms with Crippen LogP contribution in [0.25, 0.3) is 0 Å². The van der Waals surface area contributed by atoms with Crippen LogP contribution in [-0.4, -0.2) is 41.0 Å². The molecule has 1 heterocycles. The number of aliphatic carboxylic acids is 1. The molecule has 7 nitrogen and oxygen atoms in total. The normalized spacial score (nSPS) is 15.9. The number of aryl methyl sites for hydroxylation is 1. The SMILES string of the molecule is Cn1ncc(Cl)c1S(=O)(=O)NC(C)(C(=O)O)C(F)(F)F. The van der Waals surface area contributed by atoms with Crippen LogP contribution < -0.4 is 4.72 Å². The summed E-state index contributed by atoms with van der Waals surface area (Å²) in [4.78, 5) is 10.8. The molecule has 0 amide bonds. The lowest BCUT2D eigenvalue weighted by atomic mass is 10.0. The predicted octanol–water partition coefficient (Wildman–Crippen LogP) is 0.757. The van der Waals surface area contributed by atoms with Crippen LogP contribution in [0, 0.1) is 0 Å². The Labute approximate surface area is 116 Å². The summed E-state index contributed by atoms with van der Waals surface area (Å²) >= 11 is 5.52. The lowest BCUT2D eigenvalue weighted by Gasteiger charge is -2.28. The van der Waals surface area contributed by atoms with Gasteiger partial charge >= 0.3 is 12.1 Å². The topological polar surface area (TPSA) is 101 Å². The third-order valence-electron chi connectivity index (χ3n) is 2.43. The van der Waals surface area contributed by atoms with Gasteiger partial charge in [0, 0.05) is 7.05 Å². The van der Waals surface area contributed by atoms with Crippen LogP contribution in [-0.2, 0) is 21.9 Å². The molecule has 1 unspecified atom stereocenters. The molecule has 0 spiro atoms. The van der Waals surface area contributed by atoms with E-state index in [1.807, 2.05) is 0 Å². The molecule has 20 heavy (non-hydrogen) atoms. The van der Waals surface area contributed by atoms with Crippen molar-refractivity contribution in [3.05, 3.63) is 11.2 Å². The average Bonchev–Trinajstić information content (AvgIpc) is 2.56.